The molecule has 3 nitrogen and oxygen atoms in total. The van der Waals surface area contributed by atoms with Crippen molar-refractivity contribution >= 4 is 73.3 Å². The van der Waals surface area contributed by atoms with Gasteiger partial charge < -0.3 is 9.47 Å². The maximum Gasteiger partial charge on any atom is 0.262 e. The summed E-state index contributed by atoms with van der Waals surface area (Å²) in [5, 5.41) is 2.96. The molecule has 10 aliphatic rings. The monoisotopic (exact) mass is 806 g/mol. The Hall–Kier alpha value is -5.06. The fourth-order valence-corrected chi connectivity index (χ4v) is 17.3. The van der Waals surface area contributed by atoms with Gasteiger partial charge in [-0.15, -0.1) is 0 Å². The first-order valence-corrected chi connectivity index (χ1v) is 24.5. The molecule has 0 spiro atoms. The minimum Gasteiger partial charge on any atom is -0.311 e. The van der Waals surface area contributed by atoms with Crippen LogP contribution in [-0.2, 0) is 10.8 Å². The third-order valence-electron chi connectivity index (χ3n) is 18.9. The lowest BCUT2D eigenvalue weighted by molar-refractivity contribution is -0.00528. The predicted molar refractivity (Wildman–Crippen MR) is 260 cm³/mol. The van der Waals surface area contributed by atoms with Crippen LogP contribution < -0.4 is 25.8 Å². The normalized spacial score (nSPS) is 31.5. The smallest absolute Gasteiger partial charge is 0.262 e. The Bertz CT molecular complexity index is 2870. The molecule has 0 unspecified atom stereocenters. The van der Waals surface area contributed by atoms with E-state index in [4.69, 9.17) is 0 Å². The molecule has 4 heteroatoms. The van der Waals surface area contributed by atoms with E-state index in [1.54, 1.807) is 11.1 Å². The van der Waals surface area contributed by atoms with E-state index in [2.05, 4.69) is 151 Å². The zero-order chi connectivity index (χ0) is 40.7. The highest BCUT2D eigenvalue weighted by molar-refractivity contribution is 7.00. The van der Waals surface area contributed by atoms with Gasteiger partial charge in [-0.2, -0.15) is 0 Å². The van der Waals surface area contributed by atoms with Crippen molar-refractivity contribution in [3.8, 4) is 5.69 Å². The molecule has 8 fully saturated rings. The lowest BCUT2D eigenvalue weighted by Gasteiger charge is -2.57. The summed E-state index contributed by atoms with van der Waals surface area (Å²) in [6, 6.07) is 50.6. The van der Waals surface area contributed by atoms with Gasteiger partial charge in [0.05, 0.1) is 30.8 Å². The number of fused-ring (bicyclic) bond motifs is 7. The van der Waals surface area contributed by atoms with E-state index in [1.807, 2.05) is 0 Å². The van der Waals surface area contributed by atoms with Crippen LogP contribution in [-0.4, -0.2) is 25.4 Å². The molecule has 8 bridgehead atoms. The number of hydrogen-bond acceptors (Lipinski definition) is 1. The van der Waals surface area contributed by atoms with Crippen LogP contribution in [0.3, 0.4) is 0 Å². The Labute approximate surface area is 367 Å². The first-order valence-electron chi connectivity index (χ1n) is 24.5. The standard InChI is InChI=1S/C58H57BN3/c1-62(2)54-15-9-7-13-49(54)59-48-12-6-8-14-52(48)60(44-10-4-3-5-11-44)53-28-45(29-55(62)56(53)59)61-50-18-16-42(57-30-36-20-37(31-57)22-38(21-36)32-57)26-46(50)47-27-43(17-19-51(47)61)58-33-39-23-40(34-58)25-41(24-39)35-58/h3-19,26-29,36-41H,20-25,30-35H2,1-2H3/q+1. The van der Waals surface area contributed by atoms with E-state index in [0.29, 0.717) is 15.3 Å². The summed E-state index contributed by atoms with van der Waals surface area (Å²) in [4.78, 5) is 2.58. The van der Waals surface area contributed by atoms with E-state index in [1.165, 1.54) is 149 Å². The number of hydrogen-bond donors (Lipinski definition) is 0. The lowest BCUT2D eigenvalue weighted by atomic mass is 9.33. The predicted octanol–water partition coefficient (Wildman–Crippen LogP) is 12.2. The number of anilines is 3. The third kappa shape index (κ3) is 4.67. The molecule has 62 heavy (non-hydrogen) atoms. The molecule has 0 N–H and O–H groups in total. The van der Waals surface area contributed by atoms with Crippen LogP contribution in [0.15, 0.2) is 127 Å². The highest BCUT2D eigenvalue weighted by Gasteiger charge is 2.54. The Morgan fingerprint density at radius 3 is 1.53 bits per heavy atom. The lowest BCUT2D eigenvalue weighted by Crippen LogP contribution is -2.64. The van der Waals surface area contributed by atoms with Crippen molar-refractivity contribution in [3.63, 3.8) is 0 Å². The van der Waals surface area contributed by atoms with Gasteiger partial charge in [-0.3, -0.25) is 4.48 Å². The molecule has 8 aliphatic carbocycles. The maximum absolute atomic E-state index is 2.74. The number of nitrogens with zero attached hydrogens (tertiary/aromatic N) is 3. The number of para-hydroxylation sites is 3. The quantitative estimate of drug-likeness (QED) is 0.127. The highest BCUT2D eigenvalue weighted by Crippen LogP contribution is 2.63. The maximum atomic E-state index is 2.74. The molecule has 17 rings (SSSR count). The number of rotatable bonds is 4. The molecule has 7 aromatic rings. The van der Waals surface area contributed by atoms with Crippen molar-refractivity contribution < 1.29 is 0 Å². The van der Waals surface area contributed by atoms with Crippen LogP contribution in [0.1, 0.15) is 88.2 Å². The van der Waals surface area contributed by atoms with E-state index >= 15 is 0 Å². The van der Waals surface area contributed by atoms with Gasteiger partial charge in [-0.1, -0.05) is 66.7 Å². The Balaban J connectivity index is 0.999. The Morgan fingerprint density at radius 2 is 0.968 bits per heavy atom. The van der Waals surface area contributed by atoms with Gasteiger partial charge >= 0.3 is 0 Å². The van der Waals surface area contributed by atoms with Crippen LogP contribution in [0.2, 0.25) is 0 Å². The molecule has 3 heterocycles. The first-order chi connectivity index (χ1) is 30.3. The van der Waals surface area contributed by atoms with E-state index in [0.717, 1.165) is 35.5 Å². The van der Waals surface area contributed by atoms with Crippen molar-refractivity contribution in [2.45, 2.75) is 87.9 Å². The largest absolute Gasteiger partial charge is 0.311 e. The minimum atomic E-state index is 0.163. The molecule has 8 saturated carbocycles. The van der Waals surface area contributed by atoms with Gasteiger partial charge in [0, 0.05) is 39.4 Å². The Kier molecular flexibility index (Phi) is 6.93. The summed E-state index contributed by atoms with van der Waals surface area (Å²) in [5.41, 5.74) is 18.8. The van der Waals surface area contributed by atoms with Crippen LogP contribution in [0.25, 0.3) is 27.5 Å². The zero-order valence-corrected chi connectivity index (χ0v) is 36.5. The van der Waals surface area contributed by atoms with E-state index in [-0.39, 0.29) is 6.71 Å². The molecule has 0 saturated heterocycles. The van der Waals surface area contributed by atoms with Crippen molar-refractivity contribution in [2.24, 2.45) is 35.5 Å². The SMILES string of the molecule is C[N+]1(C)c2ccccc2B2c3ccccc3N(c3ccccc3)c3cc(-n4c5ccc(C67CC8CC(CC(C8)C6)C7)cc5c5cc(C67CC8CC(CC(C8)C6)C7)ccc54)cc1c32. The topological polar surface area (TPSA) is 8.17 Å². The van der Waals surface area contributed by atoms with Crippen molar-refractivity contribution in [3.05, 3.63) is 139 Å². The molecule has 0 radical (unpaired) electrons. The molecular weight excluding hydrogens is 749 g/mol. The van der Waals surface area contributed by atoms with Crippen LogP contribution in [0, 0.1) is 35.5 Å². The number of benzene rings is 6. The van der Waals surface area contributed by atoms with Gasteiger partial charge in [0.25, 0.3) is 6.71 Å². The second-order valence-corrected chi connectivity index (χ2v) is 22.8. The van der Waals surface area contributed by atoms with Gasteiger partial charge in [-0.05, 0) is 200 Å². The molecule has 6 aromatic carbocycles. The minimum absolute atomic E-state index is 0.163. The van der Waals surface area contributed by atoms with Gasteiger partial charge in [-0.25, -0.2) is 0 Å². The summed E-state index contributed by atoms with van der Waals surface area (Å²) in [7, 11) is 4.84. The molecule has 0 atom stereocenters. The summed E-state index contributed by atoms with van der Waals surface area (Å²) in [6.07, 6.45) is 17.4. The fourth-order valence-electron chi connectivity index (χ4n) is 17.3. The third-order valence-corrected chi connectivity index (χ3v) is 18.9. The summed E-state index contributed by atoms with van der Waals surface area (Å²) < 4.78 is 3.39. The first kappa shape index (κ1) is 35.4. The summed E-state index contributed by atoms with van der Waals surface area (Å²) in [6.45, 7) is 0.163. The van der Waals surface area contributed by atoms with Crippen LogP contribution >= 0.6 is 0 Å². The average molecular weight is 807 g/mol. The average Bonchev–Trinajstić information content (AvgIpc) is 3.60. The van der Waals surface area contributed by atoms with Gasteiger partial charge in [0.1, 0.15) is 11.4 Å². The molecule has 2 aliphatic heterocycles. The summed E-state index contributed by atoms with van der Waals surface area (Å²) in [5.74, 6) is 5.59. The zero-order valence-electron chi connectivity index (χ0n) is 36.5. The Morgan fingerprint density at radius 1 is 0.468 bits per heavy atom. The van der Waals surface area contributed by atoms with Gasteiger partial charge in [0.15, 0.2) is 0 Å². The van der Waals surface area contributed by atoms with E-state index in [9.17, 15) is 0 Å². The number of aromatic nitrogens is 1. The van der Waals surface area contributed by atoms with Crippen molar-refractivity contribution in [1.29, 1.82) is 0 Å². The van der Waals surface area contributed by atoms with Crippen LogP contribution in [0.5, 0.6) is 0 Å². The van der Waals surface area contributed by atoms with Crippen molar-refractivity contribution in [1.82, 2.24) is 9.05 Å². The second kappa shape index (κ2) is 12.1. The molecule has 306 valence electrons. The molecule has 1 aromatic heterocycles. The van der Waals surface area contributed by atoms with E-state index < -0.39 is 0 Å². The fraction of sp³-hybridized carbons (Fsp3) is 0.379. The van der Waals surface area contributed by atoms with Gasteiger partial charge in [0.2, 0.25) is 0 Å². The summed E-state index contributed by atoms with van der Waals surface area (Å²) >= 11 is 0. The molecule has 0 amide bonds. The highest BCUT2D eigenvalue weighted by atomic mass is 15.3. The molecular formula is C58H57BN3+. The van der Waals surface area contributed by atoms with Crippen LogP contribution in [0.4, 0.5) is 28.4 Å². The number of quaternary nitrogens is 1. The second-order valence-electron chi connectivity index (χ2n) is 22.8. The van der Waals surface area contributed by atoms with Crippen molar-refractivity contribution in [2.75, 3.05) is 19.0 Å².